The second kappa shape index (κ2) is 6.57. The van der Waals surface area contributed by atoms with Crippen LogP contribution >= 0.6 is 11.8 Å². The number of alkyl halides is 6. The van der Waals surface area contributed by atoms with E-state index in [1.165, 1.54) is 6.07 Å². The maximum Gasteiger partial charge on any atom is 0.441 e. The third-order valence-electron chi connectivity index (χ3n) is 2.14. The summed E-state index contributed by atoms with van der Waals surface area (Å²) < 4.78 is 78.4. The summed E-state index contributed by atoms with van der Waals surface area (Å²) in [6, 6.07) is 2.89. The number of ether oxygens (including phenoxy) is 1. The Bertz CT molecular complexity index is 444. The molecule has 0 saturated carbocycles. The summed E-state index contributed by atoms with van der Waals surface area (Å²) in [5.41, 5.74) is -5.54. The van der Waals surface area contributed by atoms with Crippen molar-refractivity contribution in [1.82, 2.24) is 0 Å². The highest BCUT2D eigenvalue weighted by Crippen LogP contribution is 2.37. The van der Waals surface area contributed by atoms with Crippen LogP contribution in [0.25, 0.3) is 0 Å². The van der Waals surface area contributed by atoms with Crippen LogP contribution in [0.3, 0.4) is 0 Å². The van der Waals surface area contributed by atoms with Crippen molar-refractivity contribution in [3.63, 3.8) is 0 Å². The molecule has 0 aromatic heterocycles. The Labute approximate surface area is 114 Å². The maximum absolute atomic E-state index is 12.7. The first-order chi connectivity index (χ1) is 9.13. The van der Waals surface area contributed by atoms with E-state index in [1.807, 2.05) is 0 Å². The predicted molar refractivity (Wildman–Crippen MR) is 61.4 cm³/mol. The van der Waals surface area contributed by atoms with E-state index < -0.39 is 42.0 Å². The van der Waals surface area contributed by atoms with Crippen molar-refractivity contribution in [2.24, 2.45) is 0 Å². The number of hydrogen-bond acceptors (Lipinski definition) is 3. The van der Waals surface area contributed by atoms with Gasteiger partial charge in [-0.15, -0.1) is 0 Å². The molecule has 0 unspecified atom stereocenters. The summed E-state index contributed by atoms with van der Waals surface area (Å²) in [5.74, 6) is -1.07. The number of rotatable bonds is 5. The number of halogens is 6. The normalized spacial score (nSPS) is 12.6. The van der Waals surface area contributed by atoms with Gasteiger partial charge in [0, 0.05) is 5.75 Å². The molecule has 0 saturated heterocycles. The second-order valence-electron chi connectivity index (χ2n) is 3.63. The van der Waals surface area contributed by atoms with Gasteiger partial charge in [0.2, 0.25) is 0 Å². The summed E-state index contributed by atoms with van der Waals surface area (Å²) in [7, 11) is 0. The lowest BCUT2D eigenvalue weighted by atomic mass is 10.1. The molecule has 0 fully saturated rings. The van der Waals surface area contributed by atoms with Gasteiger partial charge >= 0.3 is 11.7 Å². The molecule has 0 bridgehead atoms. The zero-order valence-corrected chi connectivity index (χ0v) is 10.7. The monoisotopic (exact) mass is 320 g/mol. The maximum atomic E-state index is 12.7. The summed E-state index contributed by atoms with van der Waals surface area (Å²) in [4.78, 5) is 0. The van der Waals surface area contributed by atoms with Crippen LogP contribution in [0, 0.1) is 0 Å². The minimum atomic E-state index is -4.71. The Morgan fingerprint density at radius 1 is 1.10 bits per heavy atom. The van der Waals surface area contributed by atoms with E-state index in [0.29, 0.717) is 6.07 Å². The van der Waals surface area contributed by atoms with Crippen LogP contribution in [0.15, 0.2) is 18.2 Å². The summed E-state index contributed by atoms with van der Waals surface area (Å²) >= 11 is -0.372. The lowest BCUT2D eigenvalue weighted by Crippen LogP contribution is -2.12. The fourth-order valence-electron chi connectivity index (χ4n) is 1.33. The van der Waals surface area contributed by atoms with Crippen molar-refractivity contribution in [3.8, 4) is 5.75 Å². The van der Waals surface area contributed by atoms with Crippen molar-refractivity contribution in [1.29, 1.82) is 0 Å². The molecule has 0 heterocycles. The number of aliphatic hydroxyl groups excluding tert-OH is 1. The average molecular weight is 320 g/mol. The van der Waals surface area contributed by atoms with E-state index in [-0.39, 0.29) is 17.3 Å². The van der Waals surface area contributed by atoms with E-state index >= 15 is 0 Å². The van der Waals surface area contributed by atoms with Gasteiger partial charge in [0.05, 0.1) is 18.8 Å². The molecule has 0 amide bonds. The van der Waals surface area contributed by atoms with Crippen molar-refractivity contribution < 1.29 is 36.2 Å². The highest BCUT2D eigenvalue weighted by molar-refractivity contribution is 8.00. The Morgan fingerprint density at radius 2 is 1.75 bits per heavy atom. The van der Waals surface area contributed by atoms with Crippen molar-refractivity contribution in [3.05, 3.63) is 29.3 Å². The number of thioether (sulfide) groups is 1. The molecule has 1 rings (SSSR count). The minimum absolute atomic E-state index is 0.0364. The molecule has 1 aromatic rings. The van der Waals surface area contributed by atoms with E-state index in [0.717, 1.165) is 6.07 Å². The molecule has 0 spiro atoms. The molecule has 1 aromatic carbocycles. The van der Waals surface area contributed by atoms with Gasteiger partial charge in [-0.25, -0.2) is 0 Å². The summed E-state index contributed by atoms with van der Waals surface area (Å²) in [5, 5.41) is 8.79. The highest BCUT2D eigenvalue weighted by atomic mass is 32.2. The van der Waals surface area contributed by atoms with Gasteiger partial charge in [-0.3, -0.25) is 0 Å². The lowest BCUT2D eigenvalue weighted by molar-refractivity contribution is -0.139. The highest BCUT2D eigenvalue weighted by Gasteiger charge is 2.35. The van der Waals surface area contributed by atoms with Crippen LogP contribution in [0.1, 0.15) is 11.1 Å². The molecule has 20 heavy (non-hydrogen) atoms. The van der Waals surface area contributed by atoms with Crippen molar-refractivity contribution >= 4 is 11.8 Å². The van der Waals surface area contributed by atoms with Crippen LogP contribution < -0.4 is 4.74 Å². The zero-order valence-electron chi connectivity index (χ0n) is 9.88. The predicted octanol–water partition coefficient (Wildman–Crippen LogP) is 3.83. The largest absolute Gasteiger partial charge is 0.492 e. The molecule has 0 aliphatic carbocycles. The zero-order chi connectivity index (χ0) is 15.4. The molecule has 0 radical (unpaired) electrons. The molecule has 0 aliphatic rings. The lowest BCUT2D eigenvalue weighted by Gasteiger charge is -2.15. The first-order valence-electron chi connectivity index (χ1n) is 5.28. The molecular weight excluding hydrogens is 310 g/mol. The van der Waals surface area contributed by atoms with Crippen LogP contribution in [0.2, 0.25) is 0 Å². The standard InChI is InChI=1S/C11H10F6O2S/c12-10(13,14)8-5-7(6-18)1-2-9(8)19-3-4-20-11(15,16)17/h1-2,5,18H,3-4,6H2. The van der Waals surface area contributed by atoms with Crippen LogP contribution in [-0.2, 0) is 12.8 Å². The van der Waals surface area contributed by atoms with Crippen molar-refractivity contribution in [2.45, 2.75) is 18.3 Å². The van der Waals surface area contributed by atoms with Gasteiger partial charge in [-0.2, -0.15) is 26.3 Å². The first kappa shape index (κ1) is 17.0. The SMILES string of the molecule is OCc1ccc(OCCSC(F)(F)F)c(C(F)(F)F)c1. The number of aliphatic hydroxyl groups is 1. The summed E-state index contributed by atoms with van der Waals surface area (Å²) in [6.45, 7) is -1.08. The van der Waals surface area contributed by atoms with Gasteiger partial charge in [-0.05, 0) is 29.5 Å². The smallest absolute Gasteiger partial charge is 0.441 e. The Morgan fingerprint density at radius 3 is 2.25 bits per heavy atom. The van der Waals surface area contributed by atoms with Gasteiger partial charge in [0.25, 0.3) is 0 Å². The average Bonchev–Trinajstić information content (AvgIpc) is 2.32. The molecule has 2 nitrogen and oxygen atoms in total. The van der Waals surface area contributed by atoms with E-state index in [2.05, 4.69) is 0 Å². The summed E-state index contributed by atoms with van der Waals surface area (Å²) in [6.07, 6.45) is -4.71. The van der Waals surface area contributed by atoms with Crippen molar-refractivity contribution in [2.75, 3.05) is 12.4 Å². The third kappa shape index (κ3) is 5.49. The van der Waals surface area contributed by atoms with Crippen LogP contribution in [0.4, 0.5) is 26.3 Å². The third-order valence-corrected chi connectivity index (χ3v) is 2.84. The molecule has 0 atom stereocenters. The quantitative estimate of drug-likeness (QED) is 0.660. The Balaban J connectivity index is 2.74. The Hall–Kier alpha value is -1.09. The van der Waals surface area contributed by atoms with Crippen LogP contribution in [-0.4, -0.2) is 23.0 Å². The molecular formula is C11H10F6O2S. The van der Waals surface area contributed by atoms with Crippen LogP contribution in [0.5, 0.6) is 5.75 Å². The van der Waals surface area contributed by atoms with E-state index in [4.69, 9.17) is 9.84 Å². The molecule has 1 N–H and O–H groups in total. The van der Waals surface area contributed by atoms with E-state index in [1.54, 1.807) is 0 Å². The van der Waals surface area contributed by atoms with Gasteiger partial charge in [0.1, 0.15) is 5.75 Å². The first-order valence-corrected chi connectivity index (χ1v) is 6.26. The fraction of sp³-hybridized carbons (Fsp3) is 0.455. The molecule has 9 heteroatoms. The fourth-order valence-corrected chi connectivity index (χ4v) is 1.73. The van der Waals surface area contributed by atoms with Gasteiger partial charge in [0.15, 0.2) is 0 Å². The van der Waals surface area contributed by atoms with Gasteiger partial charge < -0.3 is 9.84 Å². The minimum Gasteiger partial charge on any atom is -0.492 e. The van der Waals surface area contributed by atoms with E-state index in [9.17, 15) is 26.3 Å². The molecule has 0 aliphatic heterocycles. The number of hydrogen-bond donors (Lipinski definition) is 1. The van der Waals surface area contributed by atoms with Gasteiger partial charge in [-0.1, -0.05) is 6.07 Å². The Kier molecular flexibility index (Phi) is 5.58. The second-order valence-corrected chi connectivity index (χ2v) is 4.79. The number of benzene rings is 1. The topological polar surface area (TPSA) is 29.5 Å². The molecule has 114 valence electrons.